The van der Waals surface area contributed by atoms with Gasteiger partial charge >= 0.3 is 0 Å². The first-order valence-electron chi connectivity index (χ1n) is 10.2. The minimum Gasteiger partial charge on any atom is -0.364 e. The zero-order valence-electron chi connectivity index (χ0n) is 17.8. The molecule has 0 aliphatic carbocycles. The lowest BCUT2D eigenvalue weighted by Gasteiger charge is -2.34. The van der Waals surface area contributed by atoms with Gasteiger partial charge in [-0.3, -0.25) is 9.59 Å². The van der Waals surface area contributed by atoms with Crippen molar-refractivity contribution in [3.63, 3.8) is 0 Å². The summed E-state index contributed by atoms with van der Waals surface area (Å²) >= 11 is 6.21. The maximum absolute atomic E-state index is 13.7. The molecule has 156 valence electrons. The minimum absolute atomic E-state index is 0.273. The number of hydrogen-bond donors (Lipinski definition) is 0. The largest absolute Gasteiger partial charge is 0.364 e. The summed E-state index contributed by atoms with van der Waals surface area (Å²) in [5.41, 5.74) is 5.29. The Hall–Kier alpha value is -2.63. The molecule has 2 aromatic rings. The summed E-state index contributed by atoms with van der Waals surface area (Å²) in [6, 6.07) is 11.3. The van der Waals surface area contributed by atoms with E-state index < -0.39 is 0 Å². The second-order valence-electron chi connectivity index (χ2n) is 8.21. The molecule has 0 unspecified atom stereocenters. The van der Waals surface area contributed by atoms with E-state index in [1.807, 2.05) is 39.0 Å². The summed E-state index contributed by atoms with van der Waals surface area (Å²) in [4.78, 5) is 33.0. The van der Waals surface area contributed by atoms with Crippen molar-refractivity contribution in [2.75, 3.05) is 38.1 Å². The number of likely N-dealkylation sites (N-methyl/N-ethyl adjacent to an activating group) is 1. The van der Waals surface area contributed by atoms with E-state index in [9.17, 15) is 9.59 Å². The number of halogens is 1. The van der Waals surface area contributed by atoms with E-state index in [-0.39, 0.29) is 11.8 Å². The molecule has 0 aromatic heterocycles. The Bertz CT molecular complexity index is 1070. The smallest absolute Gasteiger partial charge is 0.282 e. The van der Waals surface area contributed by atoms with E-state index in [2.05, 4.69) is 22.9 Å². The lowest BCUT2D eigenvalue weighted by atomic mass is 9.97. The highest BCUT2D eigenvalue weighted by Crippen LogP contribution is 2.38. The van der Waals surface area contributed by atoms with Gasteiger partial charge in [-0.1, -0.05) is 41.4 Å². The fourth-order valence-corrected chi connectivity index (χ4v) is 4.39. The van der Waals surface area contributed by atoms with Crippen LogP contribution in [0.25, 0.3) is 5.57 Å². The van der Waals surface area contributed by atoms with Crippen molar-refractivity contribution in [2.45, 2.75) is 20.8 Å². The summed E-state index contributed by atoms with van der Waals surface area (Å²) in [7, 11) is 2.07. The number of rotatable bonds is 3. The molecule has 5 nitrogen and oxygen atoms in total. The van der Waals surface area contributed by atoms with Crippen molar-refractivity contribution >= 4 is 34.7 Å². The van der Waals surface area contributed by atoms with Gasteiger partial charge in [-0.2, -0.15) is 0 Å². The van der Waals surface area contributed by atoms with Crippen molar-refractivity contribution in [2.24, 2.45) is 0 Å². The second-order valence-corrected chi connectivity index (χ2v) is 8.65. The summed E-state index contributed by atoms with van der Waals surface area (Å²) in [5.74, 6) is -0.559. The Labute approximate surface area is 182 Å². The molecule has 0 spiro atoms. The Balaban J connectivity index is 1.87. The molecule has 2 aliphatic rings. The summed E-state index contributed by atoms with van der Waals surface area (Å²) < 4.78 is 0. The highest BCUT2D eigenvalue weighted by Gasteiger charge is 2.43. The van der Waals surface area contributed by atoms with E-state index in [0.717, 1.165) is 35.3 Å². The zero-order chi connectivity index (χ0) is 21.6. The maximum atomic E-state index is 13.7. The fraction of sp³-hybridized carbons (Fsp3) is 0.333. The minimum atomic E-state index is -0.286. The third kappa shape index (κ3) is 3.53. The number of aryl methyl sites for hydroxylation is 3. The van der Waals surface area contributed by atoms with Gasteiger partial charge in [-0.25, -0.2) is 4.90 Å². The number of carbonyl (C=O) groups excluding carboxylic acids is 2. The predicted octanol–water partition coefficient (Wildman–Crippen LogP) is 3.80. The molecule has 6 heteroatoms. The van der Waals surface area contributed by atoms with Gasteiger partial charge in [0.25, 0.3) is 11.8 Å². The van der Waals surface area contributed by atoms with Gasteiger partial charge in [0.2, 0.25) is 0 Å². The number of hydrogen-bond acceptors (Lipinski definition) is 4. The first-order chi connectivity index (χ1) is 14.3. The van der Waals surface area contributed by atoms with E-state index >= 15 is 0 Å². The number of carbonyl (C=O) groups is 2. The Kier molecular flexibility index (Phi) is 5.43. The molecular formula is C24H26ClN3O2. The Morgan fingerprint density at radius 3 is 2.20 bits per heavy atom. The molecular weight excluding hydrogens is 398 g/mol. The molecule has 30 heavy (non-hydrogen) atoms. The molecule has 2 aromatic carbocycles. The van der Waals surface area contributed by atoms with Crippen LogP contribution in [0.1, 0.15) is 22.3 Å². The SMILES string of the molecule is Cc1ccc(C2=C(N3CCN(C)CC3)C(=O)N(c3cc(Cl)ccc3C)C2=O)c(C)c1. The second kappa shape index (κ2) is 7.89. The normalized spacial score (nSPS) is 18.0. The molecule has 2 amide bonds. The molecule has 0 radical (unpaired) electrons. The van der Waals surface area contributed by atoms with Gasteiger partial charge < -0.3 is 9.80 Å². The maximum Gasteiger partial charge on any atom is 0.282 e. The monoisotopic (exact) mass is 423 g/mol. The fourth-order valence-electron chi connectivity index (χ4n) is 4.22. The van der Waals surface area contributed by atoms with Gasteiger partial charge in [0, 0.05) is 31.2 Å². The number of amides is 2. The van der Waals surface area contributed by atoms with E-state index in [1.54, 1.807) is 12.1 Å². The first-order valence-corrected chi connectivity index (χ1v) is 10.6. The van der Waals surface area contributed by atoms with Crippen molar-refractivity contribution in [1.29, 1.82) is 0 Å². The average molecular weight is 424 g/mol. The summed E-state index contributed by atoms with van der Waals surface area (Å²) in [5, 5.41) is 0.498. The first kappa shape index (κ1) is 20.6. The molecule has 0 saturated carbocycles. The third-order valence-corrected chi connectivity index (χ3v) is 6.18. The van der Waals surface area contributed by atoms with Crippen molar-refractivity contribution in [3.05, 3.63) is 69.4 Å². The average Bonchev–Trinajstić information content (AvgIpc) is 2.95. The molecule has 0 atom stereocenters. The highest BCUT2D eigenvalue weighted by molar-refractivity contribution is 6.46. The number of benzene rings is 2. The molecule has 0 N–H and O–H groups in total. The van der Waals surface area contributed by atoms with Gasteiger partial charge in [0.15, 0.2) is 0 Å². The predicted molar refractivity (Wildman–Crippen MR) is 121 cm³/mol. The van der Waals surface area contributed by atoms with Crippen molar-refractivity contribution in [1.82, 2.24) is 9.80 Å². The van der Waals surface area contributed by atoms with Gasteiger partial charge in [-0.15, -0.1) is 0 Å². The Morgan fingerprint density at radius 2 is 1.53 bits per heavy atom. The van der Waals surface area contributed by atoms with E-state index in [4.69, 9.17) is 11.6 Å². The molecule has 0 bridgehead atoms. The lowest BCUT2D eigenvalue weighted by Crippen LogP contribution is -2.46. The van der Waals surface area contributed by atoms with Gasteiger partial charge in [-0.05, 0) is 56.6 Å². The quantitative estimate of drug-likeness (QED) is 0.704. The van der Waals surface area contributed by atoms with Crippen LogP contribution in [0.4, 0.5) is 5.69 Å². The van der Waals surface area contributed by atoms with Crippen LogP contribution in [0.2, 0.25) is 5.02 Å². The zero-order valence-corrected chi connectivity index (χ0v) is 18.6. The third-order valence-electron chi connectivity index (χ3n) is 5.94. The standard InChI is InChI=1S/C24H26ClN3O2/c1-15-5-8-19(17(3)13-15)21-22(27-11-9-26(4)10-12-27)24(30)28(23(21)29)20-14-18(25)7-6-16(20)2/h5-8,13-14H,9-12H2,1-4H3. The molecule has 2 heterocycles. The molecule has 1 saturated heterocycles. The molecule has 2 aliphatic heterocycles. The van der Waals surface area contributed by atoms with Crippen LogP contribution >= 0.6 is 11.6 Å². The van der Waals surface area contributed by atoms with Crippen LogP contribution in [0.5, 0.6) is 0 Å². The van der Waals surface area contributed by atoms with Crippen LogP contribution < -0.4 is 4.90 Å². The van der Waals surface area contributed by atoms with E-state index in [1.165, 1.54) is 4.90 Å². The number of imide groups is 1. The topological polar surface area (TPSA) is 43.9 Å². The summed E-state index contributed by atoms with van der Waals surface area (Å²) in [6.45, 7) is 9.01. The van der Waals surface area contributed by atoms with Gasteiger partial charge in [0.1, 0.15) is 5.70 Å². The lowest BCUT2D eigenvalue weighted by molar-refractivity contribution is -0.120. The van der Waals surface area contributed by atoms with E-state index in [0.29, 0.717) is 35.1 Å². The Morgan fingerprint density at radius 1 is 0.833 bits per heavy atom. The number of nitrogens with zero attached hydrogens (tertiary/aromatic N) is 3. The van der Waals surface area contributed by atoms with Crippen molar-refractivity contribution in [3.8, 4) is 0 Å². The number of piperazine rings is 1. The van der Waals surface area contributed by atoms with Crippen LogP contribution in [-0.4, -0.2) is 54.8 Å². The molecule has 4 rings (SSSR count). The summed E-state index contributed by atoms with van der Waals surface area (Å²) in [6.07, 6.45) is 0. The van der Waals surface area contributed by atoms with Crippen LogP contribution in [0.3, 0.4) is 0 Å². The van der Waals surface area contributed by atoms with Crippen molar-refractivity contribution < 1.29 is 9.59 Å². The number of anilines is 1. The van der Waals surface area contributed by atoms with Crippen LogP contribution in [0.15, 0.2) is 42.1 Å². The van der Waals surface area contributed by atoms with Crippen LogP contribution in [-0.2, 0) is 9.59 Å². The van der Waals surface area contributed by atoms with Gasteiger partial charge in [0.05, 0.1) is 11.3 Å². The molecule has 1 fully saturated rings. The van der Waals surface area contributed by atoms with Crippen LogP contribution in [0, 0.1) is 20.8 Å². The highest BCUT2D eigenvalue weighted by atomic mass is 35.5.